The van der Waals surface area contributed by atoms with Crippen LogP contribution in [0.2, 0.25) is 0 Å². The highest BCUT2D eigenvalue weighted by atomic mass is 127. The molecule has 0 spiro atoms. The van der Waals surface area contributed by atoms with Crippen molar-refractivity contribution in [3.63, 3.8) is 0 Å². The molecule has 130 valence electrons. The summed E-state index contributed by atoms with van der Waals surface area (Å²) in [6.07, 6.45) is -0.867. The van der Waals surface area contributed by atoms with Gasteiger partial charge in [-0.3, -0.25) is 4.79 Å². The molecule has 1 saturated heterocycles. The SMILES string of the molecule is O=C(Nc1ccc(N2CCN(C(=O)O)CC2)cc1)c1ccccc1I. The fourth-order valence-corrected chi connectivity index (χ4v) is 3.39. The minimum Gasteiger partial charge on any atom is -0.465 e. The van der Waals surface area contributed by atoms with Crippen molar-refractivity contribution < 1.29 is 14.7 Å². The number of nitrogens with one attached hydrogen (secondary N) is 1. The summed E-state index contributed by atoms with van der Waals surface area (Å²) in [6, 6.07) is 15.1. The van der Waals surface area contributed by atoms with Crippen LogP contribution in [0, 0.1) is 3.57 Å². The average molecular weight is 451 g/mol. The Balaban J connectivity index is 1.62. The number of anilines is 2. The molecule has 2 N–H and O–H groups in total. The van der Waals surface area contributed by atoms with E-state index in [-0.39, 0.29) is 5.91 Å². The molecule has 0 bridgehead atoms. The van der Waals surface area contributed by atoms with E-state index in [9.17, 15) is 9.59 Å². The minimum atomic E-state index is -0.867. The van der Waals surface area contributed by atoms with Crippen molar-refractivity contribution in [2.45, 2.75) is 0 Å². The number of carbonyl (C=O) groups is 2. The van der Waals surface area contributed by atoms with Gasteiger partial charge in [-0.2, -0.15) is 0 Å². The summed E-state index contributed by atoms with van der Waals surface area (Å²) < 4.78 is 0.908. The van der Waals surface area contributed by atoms with Crippen LogP contribution >= 0.6 is 22.6 Å². The maximum absolute atomic E-state index is 12.3. The molecule has 25 heavy (non-hydrogen) atoms. The first kappa shape index (κ1) is 17.5. The van der Waals surface area contributed by atoms with Crippen LogP contribution in [-0.2, 0) is 0 Å². The van der Waals surface area contributed by atoms with Gasteiger partial charge in [-0.15, -0.1) is 0 Å². The predicted octanol–water partition coefficient (Wildman–Crippen LogP) is 3.34. The number of benzene rings is 2. The van der Waals surface area contributed by atoms with Crippen molar-refractivity contribution in [2.75, 3.05) is 36.4 Å². The van der Waals surface area contributed by atoms with Crippen LogP contribution in [0.1, 0.15) is 10.4 Å². The van der Waals surface area contributed by atoms with Crippen LogP contribution in [0.25, 0.3) is 0 Å². The number of hydrogen-bond donors (Lipinski definition) is 2. The molecule has 1 aliphatic rings. The van der Waals surface area contributed by atoms with E-state index in [1.54, 1.807) is 6.07 Å². The lowest BCUT2D eigenvalue weighted by atomic mass is 10.2. The smallest absolute Gasteiger partial charge is 0.407 e. The van der Waals surface area contributed by atoms with Gasteiger partial charge < -0.3 is 20.2 Å². The lowest BCUT2D eigenvalue weighted by molar-refractivity contribution is 0.102. The Morgan fingerprint density at radius 2 is 1.60 bits per heavy atom. The van der Waals surface area contributed by atoms with Gasteiger partial charge in [0.2, 0.25) is 0 Å². The van der Waals surface area contributed by atoms with E-state index in [1.807, 2.05) is 42.5 Å². The zero-order valence-electron chi connectivity index (χ0n) is 13.5. The zero-order chi connectivity index (χ0) is 17.8. The molecule has 1 heterocycles. The minimum absolute atomic E-state index is 0.132. The number of rotatable bonds is 3. The predicted molar refractivity (Wildman–Crippen MR) is 105 cm³/mol. The average Bonchev–Trinajstić information content (AvgIpc) is 2.63. The Bertz CT molecular complexity index is 771. The van der Waals surface area contributed by atoms with Crippen LogP contribution in [0.15, 0.2) is 48.5 Å². The number of amides is 2. The van der Waals surface area contributed by atoms with Gasteiger partial charge in [-0.05, 0) is 59.0 Å². The summed E-state index contributed by atoms with van der Waals surface area (Å²) in [5, 5.41) is 11.9. The second-order valence-electron chi connectivity index (χ2n) is 5.74. The molecule has 2 aromatic carbocycles. The van der Waals surface area contributed by atoms with E-state index in [4.69, 9.17) is 5.11 Å². The van der Waals surface area contributed by atoms with Gasteiger partial charge in [-0.25, -0.2) is 4.79 Å². The molecule has 1 aliphatic heterocycles. The molecule has 6 nitrogen and oxygen atoms in total. The maximum atomic E-state index is 12.3. The Kier molecular flexibility index (Phi) is 5.42. The van der Waals surface area contributed by atoms with Gasteiger partial charge >= 0.3 is 6.09 Å². The molecule has 0 aliphatic carbocycles. The van der Waals surface area contributed by atoms with E-state index in [0.717, 1.165) is 14.9 Å². The quantitative estimate of drug-likeness (QED) is 0.703. The highest BCUT2D eigenvalue weighted by Crippen LogP contribution is 2.21. The summed E-state index contributed by atoms with van der Waals surface area (Å²) in [7, 11) is 0. The first-order valence-corrected chi connectivity index (χ1v) is 9.01. The van der Waals surface area contributed by atoms with E-state index in [0.29, 0.717) is 31.7 Å². The monoisotopic (exact) mass is 451 g/mol. The second kappa shape index (κ2) is 7.73. The Morgan fingerprint density at radius 1 is 0.960 bits per heavy atom. The molecular formula is C18H18IN3O3. The summed E-state index contributed by atoms with van der Waals surface area (Å²) in [5.74, 6) is -0.132. The number of carboxylic acid groups (broad SMARTS) is 1. The van der Waals surface area contributed by atoms with Gasteiger partial charge in [0.05, 0.1) is 5.56 Å². The van der Waals surface area contributed by atoms with Crippen molar-refractivity contribution in [1.82, 2.24) is 4.90 Å². The molecule has 1 fully saturated rings. The normalized spacial score (nSPS) is 14.3. The summed E-state index contributed by atoms with van der Waals surface area (Å²) >= 11 is 2.15. The molecule has 0 aromatic heterocycles. The van der Waals surface area contributed by atoms with Gasteiger partial charge in [-0.1, -0.05) is 12.1 Å². The summed E-state index contributed by atoms with van der Waals surface area (Å²) in [5.41, 5.74) is 2.41. The molecule has 3 rings (SSSR count). The number of halogens is 1. The van der Waals surface area contributed by atoms with Crippen LogP contribution in [0.4, 0.5) is 16.2 Å². The Hall–Kier alpha value is -2.29. The molecule has 0 radical (unpaired) electrons. The van der Waals surface area contributed by atoms with E-state index >= 15 is 0 Å². The molecule has 7 heteroatoms. The highest BCUT2D eigenvalue weighted by Gasteiger charge is 2.20. The third kappa shape index (κ3) is 4.22. The zero-order valence-corrected chi connectivity index (χ0v) is 15.6. The van der Waals surface area contributed by atoms with Crippen molar-refractivity contribution >= 4 is 46.0 Å². The van der Waals surface area contributed by atoms with Gasteiger partial charge in [0.15, 0.2) is 0 Å². The summed E-state index contributed by atoms with van der Waals surface area (Å²) in [4.78, 5) is 26.9. The highest BCUT2D eigenvalue weighted by molar-refractivity contribution is 14.1. The third-order valence-corrected chi connectivity index (χ3v) is 5.10. The standard InChI is InChI=1S/C18H18IN3O3/c19-16-4-2-1-3-15(16)17(23)20-13-5-7-14(8-6-13)21-9-11-22(12-10-21)18(24)25/h1-8H,9-12H2,(H,20,23)(H,24,25). The number of hydrogen-bond acceptors (Lipinski definition) is 3. The van der Waals surface area contributed by atoms with Crippen LogP contribution < -0.4 is 10.2 Å². The van der Waals surface area contributed by atoms with Crippen LogP contribution in [-0.4, -0.2) is 48.2 Å². The van der Waals surface area contributed by atoms with Gasteiger partial charge in [0, 0.05) is 41.1 Å². The third-order valence-electron chi connectivity index (χ3n) is 4.16. The first-order valence-electron chi connectivity index (χ1n) is 7.93. The first-order chi connectivity index (χ1) is 12.0. The number of carbonyl (C=O) groups excluding carboxylic acids is 1. The fraction of sp³-hybridized carbons (Fsp3) is 0.222. The van der Waals surface area contributed by atoms with Gasteiger partial charge in [0.1, 0.15) is 0 Å². The number of piperazine rings is 1. The van der Waals surface area contributed by atoms with Crippen molar-refractivity contribution in [3.05, 3.63) is 57.7 Å². The van der Waals surface area contributed by atoms with E-state index in [2.05, 4.69) is 32.8 Å². The summed E-state index contributed by atoms with van der Waals surface area (Å²) in [6.45, 7) is 2.33. The van der Waals surface area contributed by atoms with Crippen molar-refractivity contribution in [1.29, 1.82) is 0 Å². The molecule has 0 atom stereocenters. The molecular weight excluding hydrogens is 433 g/mol. The maximum Gasteiger partial charge on any atom is 0.407 e. The van der Waals surface area contributed by atoms with Crippen LogP contribution in [0.5, 0.6) is 0 Å². The largest absolute Gasteiger partial charge is 0.465 e. The molecule has 2 aromatic rings. The van der Waals surface area contributed by atoms with Crippen molar-refractivity contribution in [3.8, 4) is 0 Å². The van der Waals surface area contributed by atoms with E-state index in [1.165, 1.54) is 4.90 Å². The Labute approximate surface area is 159 Å². The fourth-order valence-electron chi connectivity index (χ4n) is 2.76. The lowest BCUT2D eigenvalue weighted by Crippen LogP contribution is -2.48. The van der Waals surface area contributed by atoms with Crippen LogP contribution in [0.3, 0.4) is 0 Å². The van der Waals surface area contributed by atoms with Gasteiger partial charge in [0.25, 0.3) is 5.91 Å². The second-order valence-corrected chi connectivity index (χ2v) is 6.90. The molecule has 0 unspecified atom stereocenters. The molecule has 2 amide bonds. The van der Waals surface area contributed by atoms with Crippen molar-refractivity contribution in [2.24, 2.45) is 0 Å². The lowest BCUT2D eigenvalue weighted by Gasteiger charge is -2.34. The number of nitrogens with zero attached hydrogens (tertiary/aromatic N) is 2. The Morgan fingerprint density at radius 3 is 2.20 bits per heavy atom. The molecule has 0 saturated carbocycles. The topological polar surface area (TPSA) is 72.9 Å². The van der Waals surface area contributed by atoms with E-state index < -0.39 is 6.09 Å².